The fraction of sp³-hybridized carbons (Fsp3) is 0.400. The van der Waals surface area contributed by atoms with Crippen LogP contribution < -0.4 is 10.0 Å². The zero-order valence-corrected chi connectivity index (χ0v) is 10.4. The Morgan fingerprint density at radius 1 is 1.17 bits per heavy atom. The molecule has 18 heavy (non-hydrogen) atoms. The van der Waals surface area contributed by atoms with Crippen LogP contribution in [0.3, 0.4) is 0 Å². The molecule has 0 saturated carbocycles. The summed E-state index contributed by atoms with van der Waals surface area (Å²) in [6.45, 7) is 0.957. The van der Waals surface area contributed by atoms with Gasteiger partial charge in [0.2, 0.25) is 10.0 Å². The quantitative estimate of drug-likeness (QED) is 0.868. The predicted molar refractivity (Wildman–Crippen MR) is 61.8 cm³/mol. The Bertz CT molecular complexity index is 483. The Balaban J connectivity index is 2.79. The highest BCUT2D eigenvalue weighted by molar-refractivity contribution is 7.89. The van der Waals surface area contributed by atoms with Crippen LogP contribution in [0.15, 0.2) is 29.2 Å². The number of rotatable bonds is 5. The third-order valence-corrected chi connectivity index (χ3v) is 3.43. The molecule has 0 amide bonds. The van der Waals surface area contributed by atoms with E-state index in [9.17, 15) is 21.6 Å². The summed E-state index contributed by atoms with van der Waals surface area (Å²) in [6.07, 6.45) is -4.57. The van der Waals surface area contributed by atoms with Crippen molar-refractivity contribution < 1.29 is 21.6 Å². The second-order valence-corrected chi connectivity index (χ2v) is 5.26. The van der Waals surface area contributed by atoms with Crippen molar-refractivity contribution in [2.24, 2.45) is 0 Å². The van der Waals surface area contributed by atoms with Crippen LogP contribution in [-0.2, 0) is 10.0 Å². The number of nitrogens with one attached hydrogen (secondary N) is 2. The number of benzene rings is 1. The van der Waals surface area contributed by atoms with Gasteiger partial charge < -0.3 is 5.32 Å². The molecule has 0 aromatic heterocycles. The number of hydrogen-bond donors (Lipinski definition) is 2. The van der Waals surface area contributed by atoms with Crippen LogP contribution in [0, 0.1) is 0 Å². The lowest BCUT2D eigenvalue weighted by Gasteiger charge is -2.10. The minimum atomic E-state index is -4.57. The van der Waals surface area contributed by atoms with Gasteiger partial charge in [0.25, 0.3) is 0 Å². The summed E-state index contributed by atoms with van der Waals surface area (Å²) in [4.78, 5) is -0.201. The van der Waals surface area contributed by atoms with E-state index in [0.29, 0.717) is 12.2 Å². The maximum atomic E-state index is 11.9. The lowest BCUT2D eigenvalue weighted by atomic mass is 10.3. The second kappa shape index (κ2) is 5.57. The normalized spacial score (nSPS) is 12.4. The van der Waals surface area contributed by atoms with Crippen molar-refractivity contribution in [1.82, 2.24) is 4.72 Å². The fourth-order valence-corrected chi connectivity index (χ4v) is 2.23. The van der Waals surface area contributed by atoms with Crippen molar-refractivity contribution in [2.45, 2.75) is 18.0 Å². The van der Waals surface area contributed by atoms with Crippen LogP contribution in [0.2, 0.25) is 0 Å². The molecule has 0 aliphatic rings. The van der Waals surface area contributed by atoms with Gasteiger partial charge in [-0.2, -0.15) is 13.2 Å². The summed E-state index contributed by atoms with van der Waals surface area (Å²) in [5.41, 5.74) is 0.701. The Morgan fingerprint density at radius 2 is 1.72 bits per heavy atom. The van der Waals surface area contributed by atoms with E-state index in [1.54, 1.807) is 0 Å². The van der Waals surface area contributed by atoms with E-state index in [0.717, 1.165) is 0 Å². The van der Waals surface area contributed by atoms with E-state index in [1.165, 1.54) is 29.0 Å². The summed E-state index contributed by atoms with van der Waals surface area (Å²) in [5, 5.41) is 2.95. The van der Waals surface area contributed by atoms with Crippen LogP contribution in [0.5, 0.6) is 0 Å². The van der Waals surface area contributed by atoms with Crippen LogP contribution in [0.25, 0.3) is 0 Å². The second-order valence-electron chi connectivity index (χ2n) is 3.49. The maximum absolute atomic E-state index is 11.9. The number of hydrogen-bond acceptors (Lipinski definition) is 3. The van der Waals surface area contributed by atoms with Crippen molar-refractivity contribution >= 4 is 15.7 Å². The van der Waals surface area contributed by atoms with Gasteiger partial charge in [0, 0.05) is 12.2 Å². The first-order chi connectivity index (χ1) is 8.24. The van der Waals surface area contributed by atoms with Crippen LogP contribution in [0.4, 0.5) is 18.9 Å². The molecule has 1 aromatic carbocycles. The molecule has 0 spiro atoms. The Morgan fingerprint density at radius 3 is 2.17 bits per heavy atom. The minimum absolute atomic E-state index is 0.201. The van der Waals surface area contributed by atoms with Gasteiger partial charge in [0.05, 0.1) is 4.90 Å². The highest BCUT2D eigenvalue weighted by Crippen LogP contribution is 2.16. The lowest BCUT2D eigenvalue weighted by molar-refractivity contribution is -0.121. The van der Waals surface area contributed by atoms with E-state index < -0.39 is 22.7 Å². The molecule has 8 heteroatoms. The molecule has 0 fully saturated rings. The summed E-state index contributed by atoms with van der Waals surface area (Å²) >= 11 is 0. The monoisotopic (exact) mass is 282 g/mol. The number of halogens is 3. The largest absolute Gasteiger partial charge is 0.402 e. The van der Waals surface area contributed by atoms with Gasteiger partial charge in [-0.15, -0.1) is 0 Å². The highest BCUT2D eigenvalue weighted by Gasteiger charge is 2.29. The molecular formula is C10H13F3N2O2S. The summed E-state index contributed by atoms with van der Waals surface area (Å²) in [7, 11) is -4.12. The molecular weight excluding hydrogens is 269 g/mol. The molecule has 0 unspecified atom stereocenters. The Kier molecular flexibility index (Phi) is 4.58. The highest BCUT2D eigenvalue weighted by atomic mass is 32.2. The molecule has 0 heterocycles. The van der Waals surface area contributed by atoms with E-state index in [-0.39, 0.29) is 4.90 Å². The lowest BCUT2D eigenvalue weighted by Crippen LogP contribution is -2.33. The van der Waals surface area contributed by atoms with Crippen molar-refractivity contribution in [3.8, 4) is 0 Å². The minimum Gasteiger partial charge on any atom is -0.385 e. The smallest absolute Gasteiger partial charge is 0.385 e. The molecule has 1 aromatic rings. The van der Waals surface area contributed by atoms with Gasteiger partial charge in [-0.25, -0.2) is 13.1 Å². The molecule has 0 saturated heterocycles. The van der Waals surface area contributed by atoms with E-state index >= 15 is 0 Å². The molecule has 4 nitrogen and oxygen atoms in total. The number of sulfonamides is 1. The van der Waals surface area contributed by atoms with Gasteiger partial charge >= 0.3 is 6.18 Å². The SMILES string of the molecule is CCNc1ccc(S(=O)(=O)NCC(F)(F)F)cc1. The average Bonchev–Trinajstić information content (AvgIpc) is 2.27. The number of alkyl halides is 3. The molecule has 0 aliphatic carbocycles. The Labute approximate surface area is 103 Å². The molecule has 0 aliphatic heterocycles. The van der Waals surface area contributed by atoms with Gasteiger partial charge in [-0.1, -0.05) is 0 Å². The van der Waals surface area contributed by atoms with Crippen LogP contribution in [0.1, 0.15) is 6.92 Å². The van der Waals surface area contributed by atoms with Crippen molar-refractivity contribution in [1.29, 1.82) is 0 Å². The van der Waals surface area contributed by atoms with E-state index in [4.69, 9.17) is 0 Å². The fourth-order valence-electron chi connectivity index (χ4n) is 1.22. The van der Waals surface area contributed by atoms with E-state index in [1.807, 2.05) is 6.92 Å². The van der Waals surface area contributed by atoms with Gasteiger partial charge in [-0.05, 0) is 31.2 Å². The van der Waals surface area contributed by atoms with Crippen LogP contribution >= 0.6 is 0 Å². The molecule has 1 rings (SSSR count). The van der Waals surface area contributed by atoms with Gasteiger partial charge in [0.15, 0.2) is 0 Å². The standard InChI is InChI=1S/C10H13F3N2O2S/c1-2-14-8-3-5-9(6-4-8)18(16,17)15-7-10(11,12)13/h3-6,14-15H,2,7H2,1H3. The zero-order valence-electron chi connectivity index (χ0n) is 9.58. The third-order valence-electron chi connectivity index (χ3n) is 2.01. The molecule has 102 valence electrons. The number of anilines is 1. The maximum Gasteiger partial charge on any atom is 0.402 e. The first-order valence-corrected chi connectivity index (χ1v) is 6.63. The predicted octanol–water partition coefficient (Wildman–Crippen LogP) is 1.96. The molecule has 0 atom stereocenters. The molecule has 0 radical (unpaired) electrons. The van der Waals surface area contributed by atoms with Crippen molar-refractivity contribution in [2.75, 3.05) is 18.4 Å². The van der Waals surface area contributed by atoms with E-state index in [2.05, 4.69) is 5.32 Å². The van der Waals surface area contributed by atoms with Crippen molar-refractivity contribution in [3.63, 3.8) is 0 Å². The summed E-state index contributed by atoms with van der Waals surface area (Å²) in [6, 6.07) is 5.48. The first-order valence-electron chi connectivity index (χ1n) is 5.15. The average molecular weight is 282 g/mol. The Hall–Kier alpha value is -1.28. The summed E-state index contributed by atoms with van der Waals surface area (Å²) in [5.74, 6) is 0. The first kappa shape index (κ1) is 14.8. The van der Waals surface area contributed by atoms with Crippen LogP contribution in [-0.4, -0.2) is 27.7 Å². The zero-order chi connectivity index (χ0) is 13.8. The summed E-state index contributed by atoms with van der Waals surface area (Å²) < 4.78 is 60.3. The van der Waals surface area contributed by atoms with Gasteiger partial charge in [-0.3, -0.25) is 0 Å². The molecule has 0 bridgehead atoms. The topological polar surface area (TPSA) is 58.2 Å². The van der Waals surface area contributed by atoms with Crippen molar-refractivity contribution in [3.05, 3.63) is 24.3 Å². The third kappa shape index (κ3) is 4.53. The van der Waals surface area contributed by atoms with Gasteiger partial charge in [0.1, 0.15) is 6.54 Å². The molecule has 2 N–H and O–H groups in total.